The highest BCUT2D eigenvalue weighted by atomic mass is 32.2. The summed E-state index contributed by atoms with van der Waals surface area (Å²) in [6, 6.07) is 6.22. The van der Waals surface area contributed by atoms with E-state index in [0.717, 1.165) is 38.9 Å². The summed E-state index contributed by atoms with van der Waals surface area (Å²) in [5, 5.41) is 3.16. The van der Waals surface area contributed by atoms with Crippen molar-refractivity contribution in [1.82, 2.24) is 14.9 Å². The molecule has 0 spiro atoms. The number of rotatable bonds is 9. The summed E-state index contributed by atoms with van der Waals surface area (Å²) in [7, 11) is -0.188. The Morgan fingerprint density at radius 3 is 2.65 bits per heavy atom. The average molecular weight is 384 g/mol. The first kappa shape index (κ1) is 20.8. The van der Waals surface area contributed by atoms with Gasteiger partial charge < -0.3 is 15.0 Å². The van der Waals surface area contributed by atoms with Gasteiger partial charge >= 0.3 is 0 Å². The van der Waals surface area contributed by atoms with Crippen LogP contribution in [0.5, 0.6) is 0 Å². The van der Waals surface area contributed by atoms with E-state index >= 15 is 0 Å². The van der Waals surface area contributed by atoms with Crippen molar-refractivity contribution in [3.63, 3.8) is 0 Å². The Morgan fingerprint density at radius 2 is 2.00 bits per heavy atom. The van der Waals surface area contributed by atoms with Gasteiger partial charge in [0.2, 0.25) is 10.0 Å². The number of hydrogen-bond donors (Lipinski definition) is 2. The number of amides is 1. The highest BCUT2D eigenvalue weighted by molar-refractivity contribution is 7.89. The number of carbonyl (C=O) groups excluding carboxylic acids is 1. The van der Waals surface area contributed by atoms with Gasteiger partial charge in [0.1, 0.15) is 0 Å². The highest BCUT2D eigenvalue weighted by Gasteiger charge is 2.24. The molecule has 1 amide bonds. The summed E-state index contributed by atoms with van der Waals surface area (Å²) >= 11 is 0. The maximum Gasteiger partial charge on any atom is 0.253 e. The highest BCUT2D eigenvalue weighted by Crippen LogP contribution is 2.22. The predicted molar refractivity (Wildman–Crippen MR) is 101 cm³/mol. The maximum atomic E-state index is 12.7. The molecular weight excluding hydrogens is 354 g/mol. The number of benzene rings is 1. The molecule has 0 saturated carbocycles. The van der Waals surface area contributed by atoms with Crippen molar-refractivity contribution in [3.05, 3.63) is 29.8 Å². The molecule has 1 aliphatic heterocycles. The van der Waals surface area contributed by atoms with E-state index in [-0.39, 0.29) is 17.3 Å². The lowest BCUT2D eigenvalue weighted by Gasteiger charge is -2.32. The van der Waals surface area contributed by atoms with Crippen molar-refractivity contribution in [2.75, 3.05) is 46.9 Å². The molecule has 8 heteroatoms. The first-order valence-corrected chi connectivity index (χ1v) is 10.5. The van der Waals surface area contributed by atoms with Crippen LogP contribution in [0.15, 0.2) is 29.2 Å². The Labute approximate surface area is 156 Å². The third-order valence-corrected chi connectivity index (χ3v) is 6.15. The second-order valence-electron chi connectivity index (χ2n) is 6.55. The number of nitrogens with zero attached hydrogens (tertiary/aromatic N) is 1. The molecule has 1 aromatic carbocycles. The largest absolute Gasteiger partial charge is 0.383 e. The van der Waals surface area contributed by atoms with Gasteiger partial charge in [-0.15, -0.1) is 0 Å². The van der Waals surface area contributed by atoms with Gasteiger partial charge in [-0.25, -0.2) is 13.1 Å². The molecule has 0 unspecified atom stereocenters. The molecule has 1 fully saturated rings. The number of carbonyl (C=O) groups is 1. The summed E-state index contributed by atoms with van der Waals surface area (Å²) in [6.45, 7) is 2.92. The van der Waals surface area contributed by atoms with E-state index in [0.29, 0.717) is 18.1 Å². The monoisotopic (exact) mass is 383 g/mol. The second-order valence-corrected chi connectivity index (χ2v) is 8.31. The van der Waals surface area contributed by atoms with Gasteiger partial charge in [0.25, 0.3) is 5.91 Å². The van der Waals surface area contributed by atoms with Crippen LogP contribution in [0.25, 0.3) is 0 Å². The van der Waals surface area contributed by atoms with Crippen molar-refractivity contribution < 1.29 is 17.9 Å². The van der Waals surface area contributed by atoms with E-state index in [1.165, 1.54) is 19.2 Å². The van der Waals surface area contributed by atoms with Crippen LogP contribution >= 0.6 is 0 Å². The fraction of sp³-hybridized carbons (Fsp3) is 0.611. The molecule has 2 N–H and O–H groups in total. The summed E-state index contributed by atoms with van der Waals surface area (Å²) < 4.78 is 31.9. The molecule has 7 nitrogen and oxygen atoms in total. The molecule has 1 aromatic rings. The number of piperidine rings is 1. The molecule has 1 heterocycles. The Morgan fingerprint density at radius 1 is 1.27 bits per heavy atom. The predicted octanol–water partition coefficient (Wildman–Crippen LogP) is 1.07. The fourth-order valence-corrected chi connectivity index (χ4v) is 4.17. The van der Waals surface area contributed by atoms with Crippen LogP contribution in [-0.2, 0) is 14.8 Å². The zero-order valence-electron chi connectivity index (χ0n) is 15.5. The van der Waals surface area contributed by atoms with Crippen LogP contribution in [0.2, 0.25) is 0 Å². The van der Waals surface area contributed by atoms with Gasteiger partial charge in [-0.3, -0.25) is 4.79 Å². The van der Waals surface area contributed by atoms with Crippen LogP contribution in [0.1, 0.15) is 29.6 Å². The molecule has 1 saturated heterocycles. The van der Waals surface area contributed by atoms with Gasteiger partial charge in [0.15, 0.2) is 0 Å². The number of likely N-dealkylation sites (tertiary alicyclic amines) is 1. The fourth-order valence-electron chi connectivity index (χ4n) is 3.11. The minimum Gasteiger partial charge on any atom is -0.383 e. The van der Waals surface area contributed by atoms with E-state index in [2.05, 4.69) is 10.0 Å². The van der Waals surface area contributed by atoms with E-state index in [4.69, 9.17) is 4.74 Å². The lowest BCUT2D eigenvalue weighted by Crippen LogP contribution is -2.39. The Kier molecular flexibility index (Phi) is 8.02. The molecule has 146 valence electrons. The molecule has 0 aliphatic carbocycles. The quantitative estimate of drug-likeness (QED) is 0.623. The minimum atomic E-state index is -3.65. The van der Waals surface area contributed by atoms with Crippen LogP contribution in [-0.4, -0.2) is 66.2 Å². The molecular formula is C18H29N3O4S. The van der Waals surface area contributed by atoms with E-state index in [9.17, 15) is 13.2 Å². The summed E-state index contributed by atoms with van der Waals surface area (Å²) in [6.07, 6.45) is 3.10. The van der Waals surface area contributed by atoms with Crippen molar-refractivity contribution in [2.24, 2.45) is 5.92 Å². The number of ether oxygens (including phenoxy) is 1. The van der Waals surface area contributed by atoms with E-state index in [1.54, 1.807) is 12.1 Å². The van der Waals surface area contributed by atoms with Crippen LogP contribution in [0, 0.1) is 5.92 Å². The number of sulfonamides is 1. The van der Waals surface area contributed by atoms with Crippen molar-refractivity contribution in [3.8, 4) is 0 Å². The van der Waals surface area contributed by atoms with Crippen LogP contribution < -0.4 is 10.0 Å². The lowest BCUT2D eigenvalue weighted by atomic mass is 9.93. The van der Waals surface area contributed by atoms with Gasteiger partial charge in [-0.1, -0.05) is 6.07 Å². The van der Waals surface area contributed by atoms with Crippen LogP contribution in [0.3, 0.4) is 0 Å². The molecule has 2 rings (SSSR count). The van der Waals surface area contributed by atoms with Crippen molar-refractivity contribution in [1.29, 1.82) is 0 Å². The van der Waals surface area contributed by atoms with E-state index < -0.39 is 10.0 Å². The average Bonchev–Trinajstić information content (AvgIpc) is 2.66. The first-order valence-electron chi connectivity index (χ1n) is 9.00. The Hall–Kier alpha value is -1.48. The normalized spacial score (nSPS) is 16.0. The number of methoxy groups -OCH3 is 1. The molecule has 1 aliphatic rings. The summed E-state index contributed by atoms with van der Waals surface area (Å²) in [5.74, 6) is 0.536. The van der Waals surface area contributed by atoms with Crippen molar-refractivity contribution >= 4 is 15.9 Å². The molecule has 0 radical (unpaired) electrons. The third-order valence-electron chi connectivity index (χ3n) is 4.69. The molecule has 0 atom stereocenters. The number of nitrogens with one attached hydrogen (secondary N) is 2. The maximum absolute atomic E-state index is 12.7. The van der Waals surface area contributed by atoms with Gasteiger partial charge in [0, 0.05) is 32.3 Å². The molecule has 26 heavy (non-hydrogen) atoms. The van der Waals surface area contributed by atoms with Crippen molar-refractivity contribution in [2.45, 2.75) is 24.2 Å². The smallest absolute Gasteiger partial charge is 0.253 e. The zero-order chi connectivity index (χ0) is 19.0. The standard InChI is InChI=1S/C18H29N3O4S/c1-19-9-6-15-7-11-21(12-8-15)18(22)16-4-3-5-17(14-16)26(23,24)20-10-13-25-2/h3-5,14-15,19-20H,6-13H2,1-2H3. The minimum absolute atomic E-state index is 0.100. The second kappa shape index (κ2) is 10.0. The number of hydrogen-bond acceptors (Lipinski definition) is 5. The van der Waals surface area contributed by atoms with E-state index in [1.807, 2.05) is 11.9 Å². The summed E-state index contributed by atoms with van der Waals surface area (Å²) in [5.41, 5.74) is 0.410. The Balaban J connectivity index is 2.00. The van der Waals surface area contributed by atoms with Gasteiger partial charge in [-0.05, 0) is 57.0 Å². The molecule has 0 bridgehead atoms. The summed E-state index contributed by atoms with van der Waals surface area (Å²) in [4.78, 5) is 14.7. The van der Waals surface area contributed by atoms with Gasteiger partial charge in [-0.2, -0.15) is 0 Å². The lowest BCUT2D eigenvalue weighted by molar-refractivity contribution is 0.0687. The third kappa shape index (κ3) is 5.77. The van der Waals surface area contributed by atoms with Crippen LogP contribution in [0.4, 0.5) is 0 Å². The SMILES string of the molecule is CNCCC1CCN(C(=O)c2cccc(S(=O)(=O)NCCOC)c2)CC1. The first-order chi connectivity index (χ1) is 12.5. The zero-order valence-corrected chi connectivity index (χ0v) is 16.3. The van der Waals surface area contributed by atoms with Gasteiger partial charge in [0.05, 0.1) is 11.5 Å². The molecule has 0 aromatic heterocycles. The Bertz CT molecular complexity index is 685. The topological polar surface area (TPSA) is 87.7 Å².